The minimum atomic E-state index is -0.392. The fraction of sp³-hybridized carbons (Fsp3) is 0.290. The molecule has 2 aliphatic rings. The van der Waals surface area contributed by atoms with Crippen LogP contribution in [0.3, 0.4) is 0 Å². The summed E-state index contributed by atoms with van der Waals surface area (Å²) in [4.78, 5) is 20.4. The number of rotatable bonds is 7. The Labute approximate surface area is 249 Å². The van der Waals surface area contributed by atoms with Crippen LogP contribution in [0.4, 0.5) is 17.1 Å². The van der Waals surface area contributed by atoms with E-state index in [1.54, 1.807) is 25.4 Å². The van der Waals surface area contributed by atoms with Crippen molar-refractivity contribution in [3.8, 4) is 11.4 Å². The molecule has 2 fully saturated rings. The van der Waals surface area contributed by atoms with Gasteiger partial charge in [-0.25, -0.2) is 0 Å². The summed E-state index contributed by atoms with van der Waals surface area (Å²) in [5, 5.41) is 15.8. The van der Waals surface area contributed by atoms with E-state index >= 15 is 0 Å². The van der Waals surface area contributed by atoms with Crippen molar-refractivity contribution in [1.29, 1.82) is 0 Å². The second kappa shape index (κ2) is 11.4. The molecule has 2 aromatic heterocycles. The number of thiocarbonyl (C=S) groups is 1. The lowest BCUT2D eigenvalue weighted by molar-refractivity contribution is -0.384. The van der Waals surface area contributed by atoms with Crippen LogP contribution in [0.2, 0.25) is 0 Å². The van der Waals surface area contributed by atoms with Crippen LogP contribution < -0.4 is 19.9 Å². The summed E-state index contributed by atoms with van der Waals surface area (Å²) in [7, 11) is 1.57. The van der Waals surface area contributed by atoms with Crippen molar-refractivity contribution in [3.05, 3.63) is 106 Å². The SMILES string of the molecule is COc1ccc([N+](=O)[O-])cc1-n1c(C)cc([C@H]2[C@@H](c3ccccn3)NC(=S)N2c2ccc(N3CCOCC3)cc2)c1C. The predicted octanol–water partition coefficient (Wildman–Crippen LogP) is 5.42. The zero-order chi connectivity index (χ0) is 29.4. The Bertz CT molecular complexity index is 1620. The van der Waals surface area contributed by atoms with E-state index in [1.807, 2.05) is 36.6 Å². The lowest BCUT2D eigenvalue weighted by Crippen LogP contribution is -2.36. The Morgan fingerprint density at radius 2 is 1.79 bits per heavy atom. The van der Waals surface area contributed by atoms with Gasteiger partial charge in [0, 0.05) is 54.2 Å². The van der Waals surface area contributed by atoms with Crippen molar-refractivity contribution >= 4 is 34.4 Å². The van der Waals surface area contributed by atoms with Gasteiger partial charge in [-0.15, -0.1) is 0 Å². The van der Waals surface area contributed by atoms with E-state index in [4.69, 9.17) is 21.7 Å². The molecule has 4 heterocycles. The van der Waals surface area contributed by atoms with Crippen LogP contribution in [0.15, 0.2) is 72.9 Å². The van der Waals surface area contributed by atoms with Gasteiger partial charge in [0.15, 0.2) is 5.11 Å². The molecule has 0 spiro atoms. The Morgan fingerprint density at radius 3 is 2.45 bits per heavy atom. The molecule has 0 bridgehead atoms. The lowest BCUT2D eigenvalue weighted by atomic mass is 9.96. The molecule has 2 saturated heterocycles. The number of anilines is 2. The molecule has 2 aliphatic heterocycles. The van der Waals surface area contributed by atoms with Crippen LogP contribution >= 0.6 is 12.2 Å². The lowest BCUT2D eigenvalue weighted by Gasteiger charge is -2.31. The van der Waals surface area contributed by atoms with Crippen molar-refractivity contribution in [2.75, 3.05) is 43.2 Å². The maximum Gasteiger partial charge on any atom is 0.271 e. The van der Waals surface area contributed by atoms with Crippen molar-refractivity contribution in [2.45, 2.75) is 25.9 Å². The number of non-ortho nitro benzene ring substituents is 1. The maximum absolute atomic E-state index is 11.6. The number of aromatic nitrogens is 2. The number of hydrogen-bond acceptors (Lipinski definition) is 7. The van der Waals surface area contributed by atoms with E-state index in [9.17, 15) is 10.1 Å². The summed E-state index contributed by atoms with van der Waals surface area (Å²) in [6, 6.07) is 20.7. The highest BCUT2D eigenvalue weighted by molar-refractivity contribution is 7.80. The van der Waals surface area contributed by atoms with E-state index in [1.165, 1.54) is 6.07 Å². The predicted molar refractivity (Wildman–Crippen MR) is 166 cm³/mol. The van der Waals surface area contributed by atoms with Crippen molar-refractivity contribution in [2.24, 2.45) is 0 Å². The number of aryl methyl sites for hydroxylation is 1. The third kappa shape index (κ3) is 4.94. The van der Waals surface area contributed by atoms with Gasteiger partial charge in [-0.1, -0.05) is 6.07 Å². The molecule has 1 N–H and O–H groups in total. The van der Waals surface area contributed by atoms with Crippen LogP contribution in [0.5, 0.6) is 5.75 Å². The summed E-state index contributed by atoms with van der Waals surface area (Å²) in [5.41, 5.74) is 6.46. The molecule has 0 saturated carbocycles. The monoisotopic (exact) mass is 584 g/mol. The fourth-order valence-electron chi connectivity index (χ4n) is 6.02. The fourth-order valence-corrected chi connectivity index (χ4v) is 6.36. The first-order valence-corrected chi connectivity index (χ1v) is 14.2. The summed E-state index contributed by atoms with van der Waals surface area (Å²) in [6.45, 7) is 7.19. The van der Waals surface area contributed by atoms with Gasteiger partial charge in [0.2, 0.25) is 0 Å². The largest absolute Gasteiger partial charge is 0.495 e. The van der Waals surface area contributed by atoms with Crippen molar-refractivity contribution < 1.29 is 14.4 Å². The number of nitro groups is 1. The number of morpholine rings is 1. The zero-order valence-corrected chi connectivity index (χ0v) is 24.5. The summed E-state index contributed by atoms with van der Waals surface area (Å²) in [5.74, 6) is 0.547. The average Bonchev–Trinajstić information content (AvgIpc) is 3.52. The van der Waals surface area contributed by atoms with Crippen molar-refractivity contribution in [1.82, 2.24) is 14.9 Å². The molecule has 2 atom stereocenters. The molecule has 0 amide bonds. The first kappa shape index (κ1) is 27.7. The number of methoxy groups -OCH3 is 1. The first-order chi connectivity index (χ1) is 20.4. The molecule has 0 radical (unpaired) electrons. The molecule has 6 rings (SSSR count). The second-order valence-corrected chi connectivity index (χ2v) is 10.8. The number of ether oxygens (including phenoxy) is 2. The number of pyridine rings is 1. The molecule has 11 heteroatoms. The van der Waals surface area contributed by atoms with Gasteiger partial charge in [-0.2, -0.15) is 0 Å². The summed E-state index contributed by atoms with van der Waals surface area (Å²) in [6.07, 6.45) is 1.79. The quantitative estimate of drug-likeness (QED) is 0.173. The van der Waals surface area contributed by atoms with Gasteiger partial charge >= 0.3 is 0 Å². The zero-order valence-electron chi connectivity index (χ0n) is 23.7. The van der Waals surface area contributed by atoms with E-state index < -0.39 is 4.92 Å². The van der Waals surface area contributed by atoms with E-state index in [2.05, 4.69) is 50.4 Å². The normalized spacial score (nSPS) is 18.7. The molecule has 216 valence electrons. The summed E-state index contributed by atoms with van der Waals surface area (Å²) < 4.78 is 13.2. The molecule has 2 aromatic carbocycles. The van der Waals surface area contributed by atoms with Crippen LogP contribution in [-0.2, 0) is 4.74 Å². The molecule has 0 unspecified atom stereocenters. The van der Waals surface area contributed by atoms with Gasteiger partial charge in [-0.05, 0) is 80.2 Å². The highest BCUT2D eigenvalue weighted by atomic mass is 32.1. The van der Waals surface area contributed by atoms with Crippen LogP contribution in [0, 0.1) is 24.0 Å². The average molecular weight is 585 g/mol. The number of nitrogens with one attached hydrogen (secondary N) is 1. The van der Waals surface area contributed by atoms with Gasteiger partial charge in [-0.3, -0.25) is 15.1 Å². The van der Waals surface area contributed by atoms with E-state index in [0.717, 1.165) is 60.3 Å². The topological polar surface area (TPSA) is 97.9 Å². The molecular weight excluding hydrogens is 552 g/mol. The molecule has 10 nitrogen and oxygen atoms in total. The van der Waals surface area contributed by atoms with Crippen LogP contribution in [-0.4, -0.2) is 53.0 Å². The standard InChI is InChI=1S/C31H32N6O4S/c1-20-18-25(21(2)35(20)27-19-24(37(38)39)11-12-28(27)40-3)30-29(26-6-4-5-13-32-26)33-31(42)36(30)23-9-7-22(8-10-23)34-14-16-41-17-15-34/h4-13,18-19,29-30H,14-17H2,1-3H3,(H,33,42)/t29-,30+/m1/s1. The Balaban J connectivity index is 1.46. The van der Waals surface area contributed by atoms with Crippen LogP contribution in [0.25, 0.3) is 5.69 Å². The van der Waals surface area contributed by atoms with Gasteiger partial charge in [0.05, 0.1) is 48.7 Å². The van der Waals surface area contributed by atoms with E-state index in [0.29, 0.717) is 16.5 Å². The number of benzene rings is 2. The van der Waals surface area contributed by atoms with Gasteiger partial charge in [0.1, 0.15) is 5.75 Å². The molecule has 4 aromatic rings. The third-order valence-electron chi connectivity index (χ3n) is 8.01. The maximum atomic E-state index is 11.6. The third-order valence-corrected chi connectivity index (χ3v) is 8.32. The number of nitro benzene ring substituents is 1. The highest BCUT2D eigenvalue weighted by Gasteiger charge is 2.42. The Kier molecular flexibility index (Phi) is 7.53. The molecule has 42 heavy (non-hydrogen) atoms. The minimum Gasteiger partial charge on any atom is -0.495 e. The van der Waals surface area contributed by atoms with Gasteiger partial charge < -0.3 is 29.2 Å². The summed E-state index contributed by atoms with van der Waals surface area (Å²) >= 11 is 5.95. The number of hydrogen-bond donors (Lipinski definition) is 1. The first-order valence-electron chi connectivity index (χ1n) is 13.8. The van der Waals surface area contributed by atoms with Crippen molar-refractivity contribution in [3.63, 3.8) is 0 Å². The smallest absolute Gasteiger partial charge is 0.271 e. The minimum absolute atomic E-state index is 0.00286. The van der Waals surface area contributed by atoms with Crippen LogP contribution in [0.1, 0.15) is 34.7 Å². The Morgan fingerprint density at radius 1 is 1.05 bits per heavy atom. The van der Waals surface area contributed by atoms with E-state index in [-0.39, 0.29) is 17.8 Å². The highest BCUT2D eigenvalue weighted by Crippen LogP contribution is 2.44. The number of nitrogens with zero attached hydrogens (tertiary/aromatic N) is 5. The second-order valence-electron chi connectivity index (χ2n) is 10.4. The molecular formula is C31H32N6O4S. The molecule has 0 aliphatic carbocycles. The Hall–Kier alpha value is -4.48. The van der Waals surface area contributed by atoms with Gasteiger partial charge in [0.25, 0.3) is 5.69 Å².